The molecule has 1 rings (SSSR count). The van der Waals surface area contributed by atoms with Gasteiger partial charge in [-0.05, 0) is 33.7 Å². The van der Waals surface area contributed by atoms with Crippen LogP contribution in [0.4, 0.5) is 4.79 Å². The van der Waals surface area contributed by atoms with Gasteiger partial charge in [0.05, 0.1) is 0 Å². The molecular formula is C11H20N2O2S. The van der Waals surface area contributed by atoms with Gasteiger partial charge >= 0.3 is 0 Å². The highest BCUT2D eigenvalue weighted by atomic mass is 32.2. The molecule has 1 aliphatic heterocycles. The van der Waals surface area contributed by atoms with E-state index in [-0.39, 0.29) is 16.7 Å². The topological polar surface area (TPSA) is 49.4 Å². The van der Waals surface area contributed by atoms with E-state index in [1.54, 1.807) is 0 Å². The Kier molecular flexibility index (Phi) is 4.80. The molecule has 4 nitrogen and oxygen atoms in total. The average Bonchev–Trinajstić information content (AvgIpc) is 2.14. The Labute approximate surface area is 101 Å². The van der Waals surface area contributed by atoms with Crippen LogP contribution in [0.25, 0.3) is 0 Å². The summed E-state index contributed by atoms with van der Waals surface area (Å²) in [5.74, 6) is 0.605. The van der Waals surface area contributed by atoms with E-state index in [2.05, 4.69) is 26.1 Å². The predicted octanol–water partition coefficient (Wildman–Crippen LogP) is 1.85. The van der Waals surface area contributed by atoms with Gasteiger partial charge in [0.1, 0.15) is 0 Å². The third kappa shape index (κ3) is 4.53. The normalized spacial score (nSPS) is 18.1. The summed E-state index contributed by atoms with van der Waals surface area (Å²) in [5, 5.41) is 3.24. The van der Waals surface area contributed by atoms with Gasteiger partial charge in [0.15, 0.2) is 0 Å². The van der Waals surface area contributed by atoms with Crippen molar-refractivity contribution in [2.45, 2.75) is 39.2 Å². The maximum absolute atomic E-state index is 11.5. The van der Waals surface area contributed by atoms with Crippen LogP contribution in [0.3, 0.4) is 0 Å². The Morgan fingerprint density at radius 1 is 1.38 bits per heavy atom. The van der Waals surface area contributed by atoms with Gasteiger partial charge in [-0.3, -0.25) is 14.5 Å². The quantitative estimate of drug-likeness (QED) is 0.767. The fourth-order valence-electron chi connectivity index (χ4n) is 1.46. The molecule has 92 valence electrons. The molecule has 0 aromatic heterocycles. The van der Waals surface area contributed by atoms with Gasteiger partial charge in [0.2, 0.25) is 5.91 Å². The minimum absolute atomic E-state index is 0.0282. The maximum atomic E-state index is 11.5. The molecule has 2 amide bonds. The van der Waals surface area contributed by atoms with E-state index in [9.17, 15) is 9.59 Å². The fraction of sp³-hybridized carbons (Fsp3) is 0.818. The average molecular weight is 244 g/mol. The fourth-order valence-corrected chi connectivity index (χ4v) is 2.26. The zero-order valence-corrected chi connectivity index (χ0v) is 11.0. The van der Waals surface area contributed by atoms with E-state index in [1.165, 1.54) is 16.7 Å². The number of carbonyl (C=O) groups is 2. The van der Waals surface area contributed by atoms with Crippen molar-refractivity contribution in [1.82, 2.24) is 10.2 Å². The van der Waals surface area contributed by atoms with Gasteiger partial charge in [-0.15, -0.1) is 0 Å². The molecule has 0 bridgehead atoms. The summed E-state index contributed by atoms with van der Waals surface area (Å²) in [4.78, 5) is 24.3. The Balaban J connectivity index is 2.26. The van der Waals surface area contributed by atoms with Crippen molar-refractivity contribution in [3.8, 4) is 0 Å². The highest BCUT2D eigenvalue weighted by Gasteiger charge is 2.25. The molecule has 1 aliphatic rings. The minimum Gasteiger partial charge on any atom is -0.312 e. The Morgan fingerprint density at radius 3 is 2.62 bits per heavy atom. The van der Waals surface area contributed by atoms with E-state index in [0.717, 1.165) is 13.0 Å². The molecular weight excluding hydrogens is 224 g/mol. The van der Waals surface area contributed by atoms with Crippen LogP contribution in [-0.4, -0.2) is 40.4 Å². The van der Waals surface area contributed by atoms with Crippen molar-refractivity contribution in [2.75, 3.05) is 18.8 Å². The lowest BCUT2D eigenvalue weighted by Crippen LogP contribution is -2.41. The third-order valence-corrected chi connectivity index (χ3v) is 3.15. The number of nitrogens with one attached hydrogen (secondary N) is 1. The number of rotatable bonds is 4. The third-order valence-electron chi connectivity index (χ3n) is 2.28. The summed E-state index contributed by atoms with van der Waals surface area (Å²) in [6, 6.07) is 0. The van der Waals surface area contributed by atoms with Crippen molar-refractivity contribution >= 4 is 22.9 Å². The SMILES string of the molecule is CC(C)(C)NCCCN1C(=O)CCSC1=O. The zero-order chi connectivity index (χ0) is 12.2. The molecule has 0 radical (unpaired) electrons. The Morgan fingerprint density at radius 2 is 2.06 bits per heavy atom. The summed E-state index contributed by atoms with van der Waals surface area (Å²) in [6.07, 6.45) is 1.30. The molecule has 0 aromatic rings. The number of imide groups is 1. The Bertz CT molecular complexity index is 258. The summed E-state index contributed by atoms with van der Waals surface area (Å²) in [5.41, 5.74) is 0.0880. The number of carbonyl (C=O) groups excluding carboxylic acids is 2. The molecule has 0 saturated carbocycles. The number of hydrogen-bond donors (Lipinski definition) is 1. The number of hydrogen-bond acceptors (Lipinski definition) is 4. The van der Waals surface area contributed by atoms with Crippen LogP contribution in [0.15, 0.2) is 0 Å². The first-order valence-electron chi connectivity index (χ1n) is 5.62. The smallest absolute Gasteiger partial charge is 0.288 e. The van der Waals surface area contributed by atoms with Crippen molar-refractivity contribution in [1.29, 1.82) is 0 Å². The molecule has 1 saturated heterocycles. The summed E-state index contributed by atoms with van der Waals surface area (Å²) < 4.78 is 0. The minimum atomic E-state index is -0.0907. The number of nitrogens with zero attached hydrogens (tertiary/aromatic N) is 1. The first-order chi connectivity index (χ1) is 7.40. The van der Waals surface area contributed by atoms with Crippen molar-refractivity contribution < 1.29 is 9.59 Å². The first-order valence-corrected chi connectivity index (χ1v) is 6.61. The van der Waals surface area contributed by atoms with Crippen LogP contribution in [0.1, 0.15) is 33.6 Å². The van der Waals surface area contributed by atoms with Gasteiger partial charge in [0.25, 0.3) is 5.24 Å². The summed E-state index contributed by atoms with van der Waals surface area (Å²) >= 11 is 1.24. The molecule has 1 fully saturated rings. The molecule has 0 aliphatic carbocycles. The van der Waals surface area contributed by atoms with Crippen LogP contribution < -0.4 is 5.32 Å². The van der Waals surface area contributed by atoms with E-state index < -0.39 is 0 Å². The lowest BCUT2D eigenvalue weighted by atomic mass is 10.1. The summed E-state index contributed by atoms with van der Waals surface area (Å²) in [7, 11) is 0. The predicted molar refractivity (Wildman–Crippen MR) is 66.6 cm³/mol. The second-order valence-electron chi connectivity index (χ2n) is 4.94. The number of thioether (sulfide) groups is 1. The van der Waals surface area contributed by atoms with Gasteiger partial charge in [-0.1, -0.05) is 11.8 Å². The molecule has 5 heteroatoms. The van der Waals surface area contributed by atoms with E-state index in [1.807, 2.05) is 0 Å². The van der Waals surface area contributed by atoms with Crippen LogP contribution in [0.5, 0.6) is 0 Å². The standard InChI is InChI=1S/C11H20N2O2S/c1-11(2,3)12-6-4-7-13-9(14)5-8-16-10(13)15/h12H,4-8H2,1-3H3. The molecule has 1 heterocycles. The molecule has 0 unspecified atom stereocenters. The first kappa shape index (κ1) is 13.5. The largest absolute Gasteiger partial charge is 0.312 e. The van der Waals surface area contributed by atoms with Gasteiger partial charge in [-0.2, -0.15) is 0 Å². The van der Waals surface area contributed by atoms with Gasteiger partial charge in [-0.25, -0.2) is 0 Å². The second-order valence-corrected chi connectivity index (χ2v) is 5.99. The molecule has 1 N–H and O–H groups in total. The monoisotopic (exact) mass is 244 g/mol. The highest BCUT2D eigenvalue weighted by Crippen LogP contribution is 2.18. The van der Waals surface area contributed by atoms with E-state index in [0.29, 0.717) is 18.7 Å². The lowest BCUT2D eigenvalue weighted by molar-refractivity contribution is -0.127. The highest BCUT2D eigenvalue weighted by molar-refractivity contribution is 8.13. The van der Waals surface area contributed by atoms with Crippen LogP contribution >= 0.6 is 11.8 Å². The van der Waals surface area contributed by atoms with Crippen LogP contribution in [-0.2, 0) is 4.79 Å². The lowest BCUT2D eigenvalue weighted by Gasteiger charge is -2.25. The van der Waals surface area contributed by atoms with E-state index >= 15 is 0 Å². The van der Waals surface area contributed by atoms with Crippen molar-refractivity contribution in [3.63, 3.8) is 0 Å². The molecule has 0 aromatic carbocycles. The van der Waals surface area contributed by atoms with Crippen LogP contribution in [0.2, 0.25) is 0 Å². The molecule has 0 spiro atoms. The van der Waals surface area contributed by atoms with E-state index in [4.69, 9.17) is 0 Å². The van der Waals surface area contributed by atoms with Gasteiger partial charge < -0.3 is 5.32 Å². The van der Waals surface area contributed by atoms with Crippen molar-refractivity contribution in [2.24, 2.45) is 0 Å². The maximum Gasteiger partial charge on any atom is 0.288 e. The van der Waals surface area contributed by atoms with Gasteiger partial charge in [0, 0.05) is 24.3 Å². The molecule has 16 heavy (non-hydrogen) atoms. The number of amides is 2. The summed E-state index contributed by atoms with van der Waals surface area (Å²) in [6.45, 7) is 7.65. The van der Waals surface area contributed by atoms with Crippen molar-refractivity contribution in [3.05, 3.63) is 0 Å². The zero-order valence-electron chi connectivity index (χ0n) is 10.2. The van der Waals surface area contributed by atoms with Crippen LogP contribution in [0, 0.1) is 0 Å². The Hall–Kier alpha value is -0.550. The second kappa shape index (κ2) is 5.68. The molecule has 0 atom stereocenters.